The average Bonchev–Trinajstić information content (AvgIpc) is 2.88. The fraction of sp³-hybridized carbons (Fsp3) is 0.300. The van der Waals surface area contributed by atoms with Crippen molar-refractivity contribution >= 4 is 23.5 Å². The Bertz CT molecular complexity index is 833. The van der Waals surface area contributed by atoms with Gasteiger partial charge in [0.05, 0.1) is 0 Å². The van der Waals surface area contributed by atoms with E-state index in [4.69, 9.17) is 5.73 Å². The number of nitrogens with zero attached hydrogens (tertiary/aromatic N) is 1. The first-order chi connectivity index (χ1) is 11.1. The van der Waals surface area contributed by atoms with E-state index in [0.717, 1.165) is 18.7 Å². The Morgan fingerprint density at radius 3 is 2.61 bits per heavy atom. The zero-order chi connectivity index (χ0) is 16.4. The van der Waals surface area contributed by atoms with Crippen molar-refractivity contribution in [2.75, 3.05) is 6.54 Å². The number of rotatable bonds is 5. The van der Waals surface area contributed by atoms with Gasteiger partial charge in [0.25, 0.3) is 0 Å². The summed E-state index contributed by atoms with van der Waals surface area (Å²) >= 11 is 4.40. The quantitative estimate of drug-likeness (QED) is 0.676. The number of aromatic nitrogens is 1. The van der Waals surface area contributed by atoms with Crippen LogP contribution >= 0.6 is 12.6 Å². The molecule has 0 aliphatic heterocycles. The zero-order valence-corrected chi connectivity index (χ0v) is 14.7. The molecule has 120 valence electrons. The lowest BCUT2D eigenvalue weighted by Crippen LogP contribution is -2.03. The van der Waals surface area contributed by atoms with Crippen molar-refractivity contribution in [3.63, 3.8) is 0 Å². The second kappa shape index (κ2) is 6.81. The predicted octanol–water partition coefficient (Wildman–Crippen LogP) is 4.24. The molecule has 3 aromatic rings. The third-order valence-electron chi connectivity index (χ3n) is 4.47. The van der Waals surface area contributed by atoms with Gasteiger partial charge < -0.3 is 10.3 Å². The summed E-state index contributed by atoms with van der Waals surface area (Å²) in [4.78, 5) is 0. The van der Waals surface area contributed by atoms with Crippen molar-refractivity contribution in [2.24, 2.45) is 5.73 Å². The summed E-state index contributed by atoms with van der Waals surface area (Å²) in [5, 5.41) is 1.31. The minimum atomic E-state index is 0.674. The molecule has 0 saturated heterocycles. The molecule has 0 spiro atoms. The Hall–Kier alpha value is -1.71. The second-order valence-electron chi connectivity index (χ2n) is 6.26. The molecule has 0 amide bonds. The van der Waals surface area contributed by atoms with Crippen LogP contribution in [0.15, 0.2) is 42.6 Å². The molecule has 1 aromatic heterocycles. The number of benzene rings is 2. The highest BCUT2D eigenvalue weighted by molar-refractivity contribution is 7.79. The molecule has 0 unspecified atom stereocenters. The van der Waals surface area contributed by atoms with Crippen molar-refractivity contribution in [1.82, 2.24) is 4.57 Å². The van der Waals surface area contributed by atoms with Gasteiger partial charge in [0, 0.05) is 29.4 Å². The van der Waals surface area contributed by atoms with E-state index in [0.29, 0.717) is 6.54 Å². The molecule has 1 heterocycles. The molecule has 3 rings (SSSR count). The van der Waals surface area contributed by atoms with Crippen LogP contribution in [0.2, 0.25) is 0 Å². The van der Waals surface area contributed by atoms with E-state index in [9.17, 15) is 0 Å². The number of hydrogen-bond acceptors (Lipinski definition) is 2. The molecule has 0 radical (unpaired) electrons. The standard InChI is InChI=1S/C20H24N2S/c1-14-3-4-15(2)18(9-14)12-22-11-17(7-8-21)19-10-16(13-23)5-6-20(19)22/h3-6,9-11,23H,7-8,12-13,21H2,1-2H3. The van der Waals surface area contributed by atoms with E-state index in [1.165, 1.54) is 38.7 Å². The maximum Gasteiger partial charge on any atom is 0.0486 e. The van der Waals surface area contributed by atoms with Crippen LogP contribution in [0.4, 0.5) is 0 Å². The third-order valence-corrected chi connectivity index (χ3v) is 4.83. The Morgan fingerprint density at radius 1 is 1.04 bits per heavy atom. The fourth-order valence-electron chi connectivity index (χ4n) is 3.16. The Labute approximate surface area is 143 Å². The summed E-state index contributed by atoms with van der Waals surface area (Å²) < 4.78 is 2.35. The van der Waals surface area contributed by atoms with Crippen LogP contribution in [-0.4, -0.2) is 11.1 Å². The van der Waals surface area contributed by atoms with Crippen LogP contribution in [0.25, 0.3) is 10.9 Å². The molecule has 2 aromatic carbocycles. The van der Waals surface area contributed by atoms with E-state index in [2.05, 4.69) is 73.6 Å². The van der Waals surface area contributed by atoms with Gasteiger partial charge in [-0.15, -0.1) is 0 Å². The van der Waals surface area contributed by atoms with Gasteiger partial charge in [-0.25, -0.2) is 0 Å². The van der Waals surface area contributed by atoms with Crippen LogP contribution in [0.1, 0.15) is 27.8 Å². The van der Waals surface area contributed by atoms with Gasteiger partial charge in [-0.3, -0.25) is 0 Å². The normalized spacial score (nSPS) is 11.3. The highest BCUT2D eigenvalue weighted by atomic mass is 32.1. The van der Waals surface area contributed by atoms with E-state index in [-0.39, 0.29) is 0 Å². The minimum Gasteiger partial charge on any atom is -0.343 e. The Morgan fingerprint density at radius 2 is 1.87 bits per heavy atom. The Kier molecular flexibility index (Phi) is 4.79. The lowest BCUT2D eigenvalue weighted by atomic mass is 10.1. The molecule has 23 heavy (non-hydrogen) atoms. The number of hydrogen-bond donors (Lipinski definition) is 2. The van der Waals surface area contributed by atoms with E-state index >= 15 is 0 Å². The summed E-state index contributed by atoms with van der Waals surface area (Å²) in [7, 11) is 0. The molecule has 0 bridgehead atoms. The first kappa shape index (κ1) is 16.2. The molecule has 2 nitrogen and oxygen atoms in total. The minimum absolute atomic E-state index is 0.674. The molecule has 0 aliphatic rings. The van der Waals surface area contributed by atoms with Crippen molar-refractivity contribution in [3.05, 3.63) is 70.4 Å². The number of fused-ring (bicyclic) bond motifs is 1. The average molecular weight is 324 g/mol. The monoisotopic (exact) mass is 324 g/mol. The summed E-state index contributed by atoms with van der Waals surface area (Å²) in [5.74, 6) is 0.764. The van der Waals surface area contributed by atoms with Gasteiger partial charge in [-0.05, 0) is 61.2 Å². The second-order valence-corrected chi connectivity index (χ2v) is 6.58. The van der Waals surface area contributed by atoms with Crippen LogP contribution < -0.4 is 5.73 Å². The number of aryl methyl sites for hydroxylation is 2. The smallest absolute Gasteiger partial charge is 0.0486 e. The largest absolute Gasteiger partial charge is 0.343 e. The summed E-state index contributed by atoms with van der Waals surface area (Å²) in [6.07, 6.45) is 3.17. The lowest BCUT2D eigenvalue weighted by molar-refractivity contribution is 0.820. The van der Waals surface area contributed by atoms with E-state index in [1.807, 2.05) is 0 Å². The first-order valence-corrected chi connectivity index (χ1v) is 8.73. The SMILES string of the molecule is Cc1ccc(C)c(Cn2cc(CCN)c3cc(CS)ccc32)c1. The summed E-state index contributed by atoms with van der Waals surface area (Å²) in [6, 6.07) is 13.3. The van der Waals surface area contributed by atoms with Crippen LogP contribution in [-0.2, 0) is 18.7 Å². The van der Waals surface area contributed by atoms with Crippen molar-refractivity contribution in [1.29, 1.82) is 0 Å². The maximum atomic E-state index is 5.80. The van der Waals surface area contributed by atoms with E-state index in [1.54, 1.807) is 0 Å². The van der Waals surface area contributed by atoms with Gasteiger partial charge in [0.15, 0.2) is 0 Å². The Balaban J connectivity index is 2.08. The molecule has 0 aliphatic carbocycles. The van der Waals surface area contributed by atoms with Crippen LogP contribution in [0.3, 0.4) is 0 Å². The zero-order valence-electron chi connectivity index (χ0n) is 13.8. The molecule has 0 atom stereocenters. The van der Waals surface area contributed by atoms with Gasteiger partial charge in [0.2, 0.25) is 0 Å². The summed E-state index contributed by atoms with van der Waals surface area (Å²) in [5.41, 5.74) is 13.7. The topological polar surface area (TPSA) is 30.9 Å². The van der Waals surface area contributed by atoms with Crippen LogP contribution in [0, 0.1) is 13.8 Å². The number of thiol groups is 1. The van der Waals surface area contributed by atoms with E-state index < -0.39 is 0 Å². The van der Waals surface area contributed by atoms with Crippen molar-refractivity contribution in [3.8, 4) is 0 Å². The fourth-order valence-corrected chi connectivity index (χ4v) is 3.35. The molecular formula is C20H24N2S. The molecule has 0 fully saturated rings. The predicted molar refractivity (Wildman–Crippen MR) is 102 cm³/mol. The third kappa shape index (κ3) is 3.31. The maximum absolute atomic E-state index is 5.80. The number of nitrogens with two attached hydrogens (primary N) is 1. The van der Waals surface area contributed by atoms with Gasteiger partial charge in [-0.2, -0.15) is 12.6 Å². The molecule has 3 heteroatoms. The van der Waals surface area contributed by atoms with Gasteiger partial charge in [0.1, 0.15) is 0 Å². The van der Waals surface area contributed by atoms with Gasteiger partial charge >= 0.3 is 0 Å². The molecule has 0 saturated carbocycles. The molecular weight excluding hydrogens is 300 g/mol. The van der Waals surface area contributed by atoms with Gasteiger partial charge in [-0.1, -0.05) is 29.8 Å². The first-order valence-electron chi connectivity index (χ1n) is 8.10. The van der Waals surface area contributed by atoms with Crippen molar-refractivity contribution in [2.45, 2.75) is 32.6 Å². The summed E-state index contributed by atoms with van der Waals surface area (Å²) in [6.45, 7) is 5.90. The molecule has 2 N–H and O–H groups in total. The van der Waals surface area contributed by atoms with Crippen molar-refractivity contribution < 1.29 is 0 Å². The highest BCUT2D eigenvalue weighted by Gasteiger charge is 2.10. The lowest BCUT2D eigenvalue weighted by Gasteiger charge is -2.10. The van der Waals surface area contributed by atoms with Crippen LogP contribution in [0.5, 0.6) is 0 Å². The highest BCUT2D eigenvalue weighted by Crippen LogP contribution is 2.25.